The molecular formula is C19H20N4O6. The number of carbonyl (C=O) groups excluding carboxylic acids is 3. The Morgan fingerprint density at radius 3 is 2.79 bits per heavy atom. The first-order valence-corrected chi connectivity index (χ1v) is 9.28. The second-order valence-corrected chi connectivity index (χ2v) is 6.98. The Morgan fingerprint density at radius 2 is 2.03 bits per heavy atom. The predicted octanol–water partition coefficient (Wildman–Crippen LogP) is 1.65. The molecule has 1 aromatic carbocycles. The zero-order valence-corrected chi connectivity index (χ0v) is 15.8. The lowest BCUT2D eigenvalue weighted by Crippen LogP contribution is -2.44. The van der Waals surface area contributed by atoms with E-state index in [1.54, 1.807) is 12.1 Å². The standard InChI is InChI=1S/C19H20N4O6/c1-27-13-7-3-2-6-12(13)16-20-14(29-22-16)11-28-15(24)10-23-17(25)19(21-18(23)26)8-4-5-9-19/h2-3,6-7H,4-5,8-11H2,1H3,(H,21,26). The molecule has 1 aromatic heterocycles. The van der Waals surface area contributed by atoms with Crippen molar-refractivity contribution in [1.82, 2.24) is 20.4 Å². The number of hydrogen-bond acceptors (Lipinski definition) is 8. The summed E-state index contributed by atoms with van der Waals surface area (Å²) in [5, 5.41) is 6.58. The molecule has 0 bridgehead atoms. The largest absolute Gasteiger partial charge is 0.496 e. The number of benzene rings is 1. The molecule has 10 heteroatoms. The Hall–Kier alpha value is -3.43. The van der Waals surface area contributed by atoms with Gasteiger partial charge in [-0.2, -0.15) is 4.98 Å². The normalized spacial score (nSPS) is 17.6. The van der Waals surface area contributed by atoms with Crippen LogP contribution in [0.15, 0.2) is 28.8 Å². The quantitative estimate of drug-likeness (QED) is 0.573. The first-order chi connectivity index (χ1) is 14.0. The van der Waals surface area contributed by atoms with Crippen molar-refractivity contribution in [3.05, 3.63) is 30.2 Å². The molecule has 1 saturated heterocycles. The molecule has 2 heterocycles. The van der Waals surface area contributed by atoms with Gasteiger partial charge in [-0.3, -0.25) is 14.5 Å². The number of carbonyl (C=O) groups is 3. The number of para-hydroxylation sites is 1. The van der Waals surface area contributed by atoms with Crippen LogP contribution in [0.3, 0.4) is 0 Å². The van der Waals surface area contributed by atoms with Crippen LogP contribution < -0.4 is 10.1 Å². The summed E-state index contributed by atoms with van der Waals surface area (Å²) in [7, 11) is 1.53. The van der Waals surface area contributed by atoms with Crippen molar-refractivity contribution in [3.8, 4) is 17.1 Å². The van der Waals surface area contributed by atoms with Crippen LogP contribution >= 0.6 is 0 Å². The van der Waals surface area contributed by atoms with Crippen LogP contribution in [0, 0.1) is 0 Å². The molecule has 2 aliphatic rings. The molecule has 3 amide bonds. The zero-order chi connectivity index (χ0) is 20.4. The number of aromatic nitrogens is 2. The minimum Gasteiger partial charge on any atom is -0.496 e. The molecule has 0 atom stereocenters. The molecule has 1 aliphatic heterocycles. The molecule has 0 radical (unpaired) electrons. The number of hydrogen-bond donors (Lipinski definition) is 1. The smallest absolute Gasteiger partial charge is 0.326 e. The van der Waals surface area contributed by atoms with Gasteiger partial charge in [0.1, 0.15) is 17.8 Å². The van der Waals surface area contributed by atoms with Crippen LogP contribution in [0.2, 0.25) is 0 Å². The molecule has 29 heavy (non-hydrogen) atoms. The van der Waals surface area contributed by atoms with Gasteiger partial charge in [-0.25, -0.2) is 4.79 Å². The zero-order valence-electron chi connectivity index (χ0n) is 15.8. The average Bonchev–Trinajstić information content (AvgIpc) is 3.44. The van der Waals surface area contributed by atoms with Gasteiger partial charge in [-0.15, -0.1) is 0 Å². The number of urea groups is 1. The number of nitrogens with zero attached hydrogens (tertiary/aromatic N) is 3. The van der Waals surface area contributed by atoms with Gasteiger partial charge in [-0.1, -0.05) is 30.1 Å². The van der Waals surface area contributed by atoms with E-state index in [1.165, 1.54) is 7.11 Å². The summed E-state index contributed by atoms with van der Waals surface area (Å²) in [6, 6.07) is 6.60. The maximum atomic E-state index is 12.6. The van der Waals surface area contributed by atoms with E-state index in [9.17, 15) is 14.4 Å². The summed E-state index contributed by atoms with van der Waals surface area (Å²) in [4.78, 5) is 41.9. The lowest BCUT2D eigenvalue weighted by molar-refractivity contribution is -0.149. The van der Waals surface area contributed by atoms with Crippen molar-refractivity contribution in [2.24, 2.45) is 0 Å². The molecule has 2 aromatic rings. The van der Waals surface area contributed by atoms with E-state index in [2.05, 4.69) is 15.5 Å². The van der Waals surface area contributed by atoms with Crippen molar-refractivity contribution < 1.29 is 28.4 Å². The van der Waals surface area contributed by atoms with Crippen molar-refractivity contribution in [2.75, 3.05) is 13.7 Å². The SMILES string of the molecule is COc1ccccc1-c1noc(COC(=O)CN2C(=O)NC3(CCCC3)C2=O)n1. The number of methoxy groups -OCH3 is 1. The van der Waals surface area contributed by atoms with Crippen LogP contribution in [0.1, 0.15) is 31.6 Å². The molecule has 152 valence electrons. The van der Waals surface area contributed by atoms with E-state index < -0.39 is 24.1 Å². The molecule has 1 saturated carbocycles. The molecule has 2 fully saturated rings. The number of rotatable bonds is 6. The predicted molar refractivity (Wildman–Crippen MR) is 97.5 cm³/mol. The summed E-state index contributed by atoms with van der Waals surface area (Å²) in [6.07, 6.45) is 2.93. The van der Waals surface area contributed by atoms with Crippen molar-refractivity contribution in [1.29, 1.82) is 0 Å². The monoisotopic (exact) mass is 400 g/mol. The molecule has 1 N–H and O–H groups in total. The van der Waals surface area contributed by atoms with Crippen LogP contribution in [0.25, 0.3) is 11.4 Å². The Kier molecular flexibility index (Phi) is 4.91. The van der Waals surface area contributed by atoms with Crippen LogP contribution in [-0.4, -0.2) is 52.1 Å². The number of imide groups is 1. The van der Waals surface area contributed by atoms with E-state index in [1.807, 2.05) is 12.1 Å². The highest BCUT2D eigenvalue weighted by Crippen LogP contribution is 2.35. The van der Waals surface area contributed by atoms with Crippen LogP contribution in [0.4, 0.5) is 4.79 Å². The van der Waals surface area contributed by atoms with Crippen molar-refractivity contribution >= 4 is 17.9 Å². The summed E-state index contributed by atoms with van der Waals surface area (Å²) in [5.74, 6) is -0.139. The number of ether oxygens (including phenoxy) is 2. The van der Waals surface area contributed by atoms with Crippen LogP contribution in [-0.2, 0) is 20.9 Å². The van der Waals surface area contributed by atoms with Gasteiger partial charge in [0.2, 0.25) is 5.82 Å². The van der Waals surface area contributed by atoms with Crippen molar-refractivity contribution in [2.45, 2.75) is 37.8 Å². The highest BCUT2D eigenvalue weighted by molar-refractivity contribution is 6.08. The Balaban J connectivity index is 1.35. The third-order valence-corrected chi connectivity index (χ3v) is 5.16. The minimum atomic E-state index is -0.854. The molecule has 0 unspecified atom stereocenters. The first-order valence-electron chi connectivity index (χ1n) is 9.28. The minimum absolute atomic E-state index is 0.0868. The lowest BCUT2D eigenvalue weighted by atomic mass is 9.98. The maximum Gasteiger partial charge on any atom is 0.326 e. The maximum absolute atomic E-state index is 12.6. The van der Waals surface area contributed by atoms with E-state index >= 15 is 0 Å². The summed E-state index contributed by atoms with van der Waals surface area (Å²) in [5.41, 5.74) is -0.217. The van der Waals surface area contributed by atoms with E-state index in [0.717, 1.165) is 17.7 Å². The Bertz CT molecular complexity index is 950. The van der Waals surface area contributed by atoms with Gasteiger partial charge in [0.15, 0.2) is 6.61 Å². The number of nitrogens with one attached hydrogen (secondary N) is 1. The fourth-order valence-corrected chi connectivity index (χ4v) is 3.71. The molecular weight excluding hydrogens is 380 g/mol. The summed E-state index contributed by atoms with van der Waals surface area (Å²) >= 11 is 0. The summed E-state index contributed by atoms with van der Waals surface area (Å²) < 4.78 is 15.5. The van der Waals surface area contributed by atoms with Gasteiger partial charge in [0, 0.05) is 0 Å². The highest BCUT2D eigenvalue weighted by atomic mass is 16.6. The average molecular weight is 400 g/mol. The van der Waals surface area contributed by atoms with Crippen molar-refractivity contribution in [3.63, 3.8) is 0 Å². The first kappa shape index (κ1) is 18.9. The number of amides is 3. The molecule has 1 aliphatic carbocycles. The van der Waals surface area contributed by atoms with Gasteiger partial charge < -0.3 is 19.3 Å². The second kappa shape index (κ2) is 7.53. The fourth-order valence-electron chi connectivity index (χ4n) is 3.71. The van der Waals surface area contributed by atoms with E-state index in [0.29, 0.717) is 30.0 Å². The Labute approximate surface area is 166 Å². The van der Waals surface area contributed by atoms with E-state index in [4.69, 9.17) is 14.0 Å². The molecule has 1 spiro atoms. The van der Waals surface area contributed by atoms with Crippen LogP contribution in [0.5, 0.6) is 5.75 Å². The number of esters is 1. The lowest BCUT2D eigenvalue weighted by Gasteiger charge is -2.19. The topological polar surface area (TPSA) is 124 Å². The molecule has 4 rings (SSSR count). The van der Waals surface area contributed by atoms with E-state index in [-0.39, 0.29) is 18.4 Å². The molecule has 10 nitrogen and oxygen atoms in total. The third-order valence-electron chi connectivity index (χ3n) is 5.16. The third kappa shape index (κ3) is 3.53. The van der Waals surface area contributed by atoms with Gasteiger partial charge in [0.25, 0.3) is 11.8 Å². The second-order valence-electron chi connectivity index (χ2n) is 6.98. The fraction of sp³-hybridized carbons (Fsp3) is 0.421. The van der Waals surface area contributed by atoms with Gasteiger partial charge in [0.05, 0.1) is 12.7 Å². The summed E-state index contributed by atoms with van der Waals surface area (Å²) in [6.45, 7) is -0.726. The van der Waals surface area contributed by atoms with Gasteiger partial charge >= 0.3 is 12.0 Å². The Morgan fingerprint density at radius 1 is 1.28 bits per heavy atom. The van der Waals surface area contributed by atoms with Gasteiger partial charge in [-0.05, 0) is 25.0 Å². The highest BCUT2D eigenvalue weighted by Gasteiger charge is 2.52.